The lowest BCUT2D eigenvalue weighted by Crippen LogP contribution is -2.52. The second kappa shape index (κ2) is 10.6. The van der Waals surface area contributed by atoms with E-state index in [1.807, 2.05) is 26.8 Å². The van der Waals surface area contributed by atoms with Crippen LogP contribution < -0.4 is 15.5 Å². The second-order valence-corrected chi connectivity index (χ2v) is 7.28. The number of nitrogens with zero attached hydrogens (tertiary/aromatic N) is 2. The van der Waals surface area contributed by atoms with Crippen LogP contribution in [0.2, 0.25) is 0 Å². The van der Waals surface area contributed by atoms with E-state index in [2.05, 4.69) is 44.8 Å². The van der Waals surface area contributed by atoms with E-state index < -0.39 is 5.60 Å². The Kier molecular flexibility index (Phi) is 9.18. The van der Waals surface area contributed by atoms with Crippen molar-refractivity contribution in [1.82, 2.24) is 10.6 Å². The third kappa shape index (κ3) is 7.80. The highest BCUT2D eigenvalue weighted by Gasteiger charge is 2.21. The number of aliphatic imine (C=N–C) groups is 1. The lowest BCUT2D eigenvalue weighted by molar-refractivity contribution is -0.153. The molecule has 1 aliphatic rings. The summed E-state index contributed by atoms with van der Waals surface area (Å²) in [5, 5.41) is 6.45. The van der Waals surface area contributed by atoms with Gasteiger partial charge < -0.3 is 20.3 Å². The molecule has 2 N–H and O–H groups in total. The van der Waals surface area contributed by atoms with E-state index in [1.165, 1.54) is 5.69 Å². The fourth-order valence-corrected chi connectivity index (χ4v) is 2.89. The highest BCUT2D eigenvalue weighted by atomic mass is 127. The zero-order chi connectivity index (χ0) is 18.3. The van der Waals surface area contributed by atoms with Crippen LogP contribution in [0.15, 0.2) is 35.3 Å². The summed E-state index contributed by atoms with van der Waals surface area (Å²) < 4.78 is 5.31. The minimum atomic E-state index is -0.477. The molecular formula is C19H31IN4O2. The van der Waals surface area contributed by atoms with Gasteiger partial charge in [0.15, 0.2) is 5.96 Å². The summed E-state index contributed by atoms with van der Waals surface area (Å²) in [5.41, 5.74) is 0.764. The largest absolute Gasteiger partial charge is 0.459 e. The number of nitrogens with one attached hydrogen (secondary N) is 2. The smallest absolute Gasteiger partial charge is 0.325 e. The molecule has 0 radical (unpaired) electrons. The van der Waals surface area contributed by atoms with Crippen molar-refractivity contribution < 1.29 is 9.53 Å². The van der Waals surface area contributed by atoms with Gasteiger partial charge in [-0.2, -0.15) is 0 Å². The molecule has 1 fully saturated rings. The molecule has 1 heterocycles. The standard InChI is InChI=1S/C19H30N4O2.HI/c1-19(2,3)25-17(24)13-21-18(20-4)22-15-9-8-12-23(14-15)16-10-6-5-7-11-16;/h5-7,10-11,15H,8-9,12-14H2,1-4H3,(H2,20,21,22);1H. The minimum Gasteiger partial charge on any atom is -0.459 e. The molecule has 1 aromatic carbocycles. The van der Waals surface area contributed by atoms with Gasteiger partial charge in [-0.1, -0.05) is 18.2 Å². The Morgan fingerprint density at radius 2 is 2.00 bits per heavy atom. The first-order chi connectivity index (χ1) is 11.9. The number of anilines is 1. The van der Waals surface area contributed by atoms with Gasteiger partial charge >= 0.3 is 5.97 Å². The first-order valence-corrected chi connectivity index (χ1v) is 8.86. The average Bonchev–Trinajstić information content (AvgIpc) is 2.58. The second-order valence-electron chi connectivity index (χ2n) is 7.28. The molecule has 0 amide bonds. The van der Waals surface area contributed by atoms with Crippen molar-refractivity contribution in [3.05, 3.63) is 30.3 Å². The monoisotopic (exact) mass is 474 g/mol. The summed E-state index contributed by atoms with van der Waals surface area (Å²) in [5.74, 6) is 0.343. The third-order valence-corrected chi connectivity index (χ3v) is 3.93. The normalized spacial score (nSPS) is 17.9. The van der Waals surface area contributed by atoms with E-state index in [1.54, 1.807) is 7.05 Å². The molecular weight excluding hydrogens is 443 g/mol. The minimum absolute atomic E-state index is 0. The number of carbonyl (C=O) groups excluding carboxylic acids is 1. The average molecular weight is 474 g/mol. The highest BCUT2D eigenvalue weighted by molar-refractivity contribution is 14.0. The fraction of sp³-hybridized carbons (Fsp3) is 0.579. The Morgan fingerprint density at radius 3 is 2.62 bits per heavy atom. The van der Waals surface area contributed by atoms with Crippen molar-refractivity contribution in [3.63, 3.8) is 0 Å². The van der Waals surface area contributed by atoms with Crippen molar-refractivity contribution in [2.75, 3.05) is 31.6 Å². The van der Waals surface area contributed by atoms with Crippen LogP contribution in [0.1, 0.15) is 33.6 Å². The number of guanidine groups is 1. The first kappa shape index (κ1) is 22.5. The Morgan fingerprint density at radius 1 is 1.31 bits per heavy atom. The molecule has 146 valence electrons. The lowest BCUT2D eigenvalue weighted by atomic mass is 10.1. The molecule has 6 nitrogen and oxygen atoms in total. The summed E-state index contributed by atoms with van der Waals surface area (Å²) in [7, 11) is 1.71. The number of piperidine rings is 1. The maximum Gasteiger partial charge on any atom is 0.325 e. The quantitative estimate of drug-likeness (QED) is 0.304. The summed E-state index contributed by atoms with van der Waals surface area (Å²) in [4.78, 5) is 18.4. The Balaban J connectivity index is 0.00000338. The third-order valence-electron chi connectivity index (χ3n) is 3.93. The summed E-state index contributed by atoms with van der Waals surface area (Å²) in [6, 6.07) is 10.7. The number of carbonyl (C=O) groups is 1. The molecule has 0 bridgehead atoms. The van der Waals surface area contributed by atoms with E-state index >= 15 is 0 Å². The molecule has 0 aliphatic carbocycles. The molecule has 2 rings (SSSR count). The van der Waals surface area contributed by atoms with Crippen molar-refractivity contribution in [1.29, 1.82) is 0 Å². The first-order valence-electron chi connectivity index (χ1n) is 8.86. The predicted molar refractivity (Wildman–Crippen MR) is 117 cm³/mol. The molecule has 1 atom stereocenters. The zero-order valence-corrected chi connectivity index (χ0v) is 18.4. The van der Waals surface area contributed by atoms with Crippen LogP contribution in [-0.2, 0) is 9.53 Å². The van der Waals surface area contributed by atoms with Crippen molar-refractivity contribution in [2.24, 2.45) is 4.99 Å². The summed E-state index contributed by atoms with van der Waals surface area (Å²) >= 11 is 0. The Hall–Kier alpha value is -1.51. The van der Waals surface area contributed by atoms with Gasteiger partial charge in [-0.3, -0.25) is 9.79 Å². The maximum absolute atomic E-state index is 11.8. The summed E-state index contributed by atoms with van der Waals surface area (Å²) in [6.45, 7) is 7.66. The van der Waals surface area contributed by atoms with Crippen LogP contribution in [0.4, 0.5) is 5.69 Å². The molecule has 1 unspecified atom stereocenters. The van der Waals surface area contributed by atoms with Gasteiger partial charge in [0.05, 0.1) is 0 Å². The number of hydrogen-bond donors (Lipinski definition) is 2. The Bertz CT molecular complexity index is 587. The topological polar surface area (TPSA) is 66.0 Å². The predicted octanol–water partition coefficient (Wildman–Crippen LogP) is 2.78. The van der Waals surface area contributed by atoms with Crippen LogP contribution in [0.5, 0.6) is 0 Å². The van der Waals surface area contributed by atoms with Gasteiger partial charge in [0.25, 0.3) is 0 Å². The number of para-hydroxylation sites is 1. The van der Waals surface area contributed by atoms with Gasteiger partial charge in [0.2, 0.25) is 0 Å². The zero-order valence-electron chi connectivity index (χ0n) is 16.1. The molecule has 1 aliphatic heterocycles. The molecule has 26 heavy (non-hydrogen) atoms. The van der Waals surface area contributed by atoms with Crippen LogP contribution in [0, 0.1) is 0 Å². The van der Waals surface area contributed by atoms with Gasteiger partial charge in [-0.15, -0.1) is 24.0 Å². The van der Waals surface area contributed by atoms with Gasteiger partial charge in [-0.05, 0) is 45.7 Å². The van der Waals surface area contributed by atoms with Crippen LogP contribution in [0.3, 0.4) is 0 Å². The van der Waals surface area contributed by atoms with Crippen LogP contribution >= 0.6 is 24.0 Å². The molecule has 0 spiro atoms. The molecule has 7 heteroatoms. The number of ether oxygens (including phenoxy) is 1. The SMILES string of the molecule is CN=C(NCC(=O)OC(C)(C)C)NC1CCCN(c2ccccc2)C1.I. The van der Waals surface area contributed by atoms with Gasteiger partial charge in [-0.25, -0.2) is 0 Å². The lowest BCUT2D eigenvalue weighted by Gasteiger charge is -2.35. The van der Waals surface area contributed by atoms with E-state index in [0.717, 1.165) is 25.9 Å². The van der Waals surface area contributed by atoms with E-state index in [4.69, 9.17) is 4.74 Å². The van der Waals surface area contributed by atoms with Gasteiger partial charge in [0, 0.05) is 31.9 Å². The van der Waals surface area contributed by atoms with Crippen molar-refractivity contribution in [3.8, 4) is 0 Å². The van der Waals surface area contributed by atoms with E-state index in [-0.39, 0.29) is 36.5 Å². The van der Waals surface area contributed by atoms with Crippen LogP contribution in [0.25, 0.3) is 0 Å². The number of benzene rings is 1. The van der Waals surface area contributed by atoms with Crippen molar-refractivity contribution >= 4 is 41.6 Å². The fourth-order valence-electron chi connectivity index (χ4n) is 2.89. The number of hydrogen-bond acceptors (Lipinski definition) is 4. The number of esters is 1. The molecule has 0 saturated carbocycles. The van der Waals surface area contributed by atoms with Crippen molar-refractivity contribution in [2.45, 2.75) is 45.3 Å². The number of halogens is 1. The summed E-state index contributed by atoms with van der Waals surface area (Å²) in [6.07, 6.45) is 2.20. The highest BCUT2D eigenvalue weighted by Crippen LogP contribution is 2.19. The van der Waals surface area contributed by atoms with E-state index in [9.17, 15) is 4.79 Å². The molecule has 0 aromatic heterocycles. The maximum atomic E-state index is 11.8. The Labute approximate surface area is 173 Å². The molecule has 1 aromatic rings. The van der Waals surface area contributed by atoms with E-state index in [0.29, 0.717) is 12.0 Å². The van der Waals surface area contributed by atoms with Crippen LogP contribution in [-0.4, -0.2) is 50.3 Å². The molecule has 1 saturated heterocycles. The number of rotatable bonds is 4. The van der Waals surface area contributed by atoms with Gasteiger partial charge in [0.1, 0.15) is 12.1 Å².